The molecule has 71 heavy (non-hydrogen) atoms. The van der Waals surface area contributed by atoms with Crippen LogP contribution in [0.15, 0.2) is 137 Å². The number of fused-ring (bicyclic) bond motifs is 2. The molecule has 0 aromatic heterocycles. The smallest absolute Gasteiger partial charge is 0.269 e. The minimum Gasteiger partial charge on any atom is -0.493 e. The number of carbonyl (C=O) groups is 1. The summed E-state index contributed by atoms with van der Waals surface area (Å²) < 4.78 is 41.6. The lowest BCUT2D eigenvalue weighted by Gasteiger charge is -2.60. The Morgan fingerprint density at radius 1 is 0.986 bits per heavy atom. The van der Waals surface area contributed by atoms with Gasteiger partial charge in [0.25, 0.3) is 5.69 Å². The van der Waals surface area contributed by atoms with Crippen LogP contribution in [0.4, 0.5) is 10.1 Å². The van der Waals surface area contributed by atoms with Crippen molar-refractivity contribution in [1.29, 1.82) is 0 Å². The van der Waals surface area contributed by atoms with Gasteiger partial charge < -0.3 is 38.9 Å². The monoisotopic (exact) mass is 989 g/mol. The number of halogens is 1. The quantitative estimate of drug-likeness (QED) is 0.0172. The summed E-state index contributed by atoms with van der Waals surface area (Å²) in [5.74, 6) is -1.27. The van der Waals surface area contributed by atoms with Crippen LogP contribution >= 0.6 is 11.8 Å². The molecule has 4 aromatic carbocycles. The summed E-state index contributed by atoms with van der Waals surface area (Å²) in [5, 5.41) is 36.5. The maximum Gasteiger partial charge on any atom is 0.269 e. The third-order valence-corrected chi connectivity index (χ3v) is 14.9. The number of rotatable bonds is 24. The topological polar surface area (TPSA) is 162 Å². The molecule has 2 fully saturated rings. The van der Waals surface area contributed by atoms with Crippen LogP contribution in [0.5, 0.6) is 11.5 Å². The Morgan fingerprint density at radius 3 is 2.48 bits per heavy atom. The number of nitrogens with zero attached hydrogens (tertiary/aromatic N) is 3. The molecule has 0 spiro atoms. The number of nitro benzene ring substituents is 1. The van der Waals surface area contributed by atoms with Crippen LogP contribution in [0.3, 0.4) is 0 Å². The average Bonchev–Trinajstić information content (AvgIpc) is 3.39. The normalized spacial score (nSPS) is 24.0. The minimum absolute atomic E-state index is 0.0145. The number of thioether (sulfide) groups is 1. The Kier molecular flexibility index (Phi) is 18.1. The van der Waals surface area contributed by atoms with Crippen LogP contribution in [-0.4, -0.2) is 88.6 Å². The first-order valence-corrected chi connectivity index (χ1v) is 25.8. The van der Waals surface area contributed by atoms with Crippen LogP contribution in [-0.2, 0) is 25.7 Å². The highest BCUT2D eigenvalue weighted by Gasteiger charge is 2.65. The largest absolute Gasteiger partial charge is 0.493 e. The van der Waals surface area contributed by atoms with E-state index in [1.165, 1.54) is 30.3 Å². The Bertz CT molecular complexity index is 2500. The van der Waals surface area contributed by atoms with E-state index >= 15 is 4.79 Å². The highest BCUT2D eigenvalue weighted by Crippen LogP contribution is 2.62. The molecule has 1 amide bonds. The number of hydrogen-bond donors (Lipinski definition) is 2. The summed E-state index contributed by atoms with van der Waals surface area (Å²) in [6.07, 6.45) is 13.4. The maximum absolute atomic E-state index is 15.2. The van der Waals surface area contributed by atoms with Crippen LogP contribution in [0.25, 0.3) is 6.08 Å². The van der Waals surface area contributed by atoms with Crippen molar-refractivity contribution in [3.05, 3.63) is 160 Å². The predicted molar refractivity (Wildman–Crippen MR) is 271 cm³/mol. The fourth-order valence-corrected chi connectivity index (χ4v) is 11.3. The van der Waals surface area contributed by atoms with E-state index in [0.717, 1.165) is 60.3 Å². The van der Waals surface area contributed by atoms with Crippen LogP contribution in [0.2, 0.25) is 0 Å². The highest BCUT2D eigenvalue weighted by atomic mass is 32.2. The van der Waals surface area contributed by atoms with E-state index in [1.807, 2.05) is 30.3 Å². The number of aliphatic hydroxyl groups excluding tert-OH is 2. The van der Waals surface area contributed by atoms with Gasteiger partial charge in [0.15, 0.2) is 0 Å². The second kappa shape index (κ2) is 25.0. The van der Waals surface area contributed by atoms with E-state index in [1.54, 1.807) is 53.1 Å². The molecule has 4 aliphatic rings. The van der Waals surface area contributed by atoms with E-state index in [-0.39, 0.29) is 56.2 Å². The standard InChI is InChI=1S/C56H64FN3O10S/c1-2-31-68-56-51(59(38-40-17-22-42(57)23-18-40)52(63)28-21-39-19-24-43(25-20-39)60(64)65)37-49(58-70-53-16-8-11-32-67-53)47-35-41(12-6-9-29-61)46(15-7-10-30-62)54(55(47)56)48-36-44(26-27-50(48)69-56)66-33-34-71-45-13-4-3-5-14-45/h2-5,13-14,17-28,35-36,41,46,51,53-55,61-62H,1,6-12,15-16,29-34,37-38H2/t41-,46+,51-,53?,54+,55+,56+/m0/s1. The molecule has 1 saturated heterocycles. The van der Waals surface area contributed by atoms with E-state index < -0.39 is 40.7 Å². The Hall–Kier alpha value is -5.84. The molecule has 2 heterocycles. The van der Waals surface area contributed by atoms with Crippen molar-refractivity contribution in [3.8, 4) is 11.5 Å². The van der Waals surface area contributed by atoms with Gasteiger partial charge in [-0.3, -0.25) is 14.9 Å². The zero-order valence-corrected chi connectivity index (χ0v) is 40.8. The Labute approximate surface area is 419 Å². The molecule has 4 aromatic rings. The number of non-ortho nitro benzene ring substituents is 1. The van der Waals surface area contributed by atoms with Gasteiger partial charge in [0.2, 0.25) is 18.0 Å². The molecule has 13 nitrogen and oxygen atoms in total. The lowest BCUT2D eigenvalue weighted by atomic mass is 9.55. The summed E-state index contributed by atoms with van der Waals surface area (Å²) in [6.45, 7) is 5.28. The van der Waals surface area contributed by atoms with E-state index in [9.17, 15) is 24.7 Å². The Morgan fingerprint density at radius 2 is 1.76 bits per heavy atom. The van der Waals surface area contributed by atoms with Crippen LogP contribution in [0, 0.1) is 33.7 Å². The van der Waals surface area contributed by atoms with Crippen molar-refractivity contribution in [2.24, 2.45) is 22.9 Å². The van der Waals surface area contributed by atoms with Gasteiger partial charge in [-0.15, -0.1) is 18.3 Å². The van der Waals surface area contributed by atoms with E-state index in [0.29, 0.717) is 60.8 Å². The van der Waals surface area contributed by atoms with Gasteiger partial charge in [0.05, 0.1) is 36.4 Å². The van der Waals surface area contributed by atoms with Crippen molar-refractivity contribution in [2.45, 2.75) is 99.7 Å². The number of hydrogen-bond acceptors (Lipinski definition) is 12. The molecule has 15 heteroatoms. The molecular formula is C56H64FN3O10S. The molecule has 0 radical (unpaired) electrons. The van der Waals surface area contributed by atoms with E-state index in [4.69, 9.17) is 28.9 Å². The summed E-state index contributed by atoms with van der Waals surface area (Å²) in [4.78, 5) is 35.4. The number of nitro groups is 1. The average molecular weight is 990 g/mol. The number of unbranched alkanes of at least 4 members (excludes halogenated alkanes) is 2. The van der Waals surface area contributed by atoms with Crippen molar-refractivity contribution in [2.75, 3.05) is 38.8 Å². The first-order valence-electron chi connectivity index (χ1n) is 24.9. The maximum atomic E-state index is 15.2. The van der Waals surface area contributed by atoms with Crippen molar-refractivity contribution in [1.82, 2.24) is 4.90 Å². The van der Waals surface area contributed by atoms with Crippen LogP contribution < -0.4 is 9.47 Å². The fraction of sp³-hybridized carbons (Fsp3) is 0.429. The summed E-state index contributed by atoms with van der Waals surface area (Å²) in [7, 11) is 0. The number of amides is 1. The molecule has 0 bridgehead atoms. The van der Waals surface area contributed by atoms with Gasteiger partial charge in [-0.2, -0.15) is 0 Å². The number of allylic oxidation sites excluding steroid dienone is 1. The Balaban J connectivity index is 1.29. The molecule has 2 aliphatic carbocycles. The predicted octanol–water partition coefficient (Wildman–Crippen LogP) is 10.8. The fourth-order valence-electron chi connectivity index (χ4n) is 10.6. The second-order valence-electron chi connectivity index (χ2n) is 18.5. The molecular weight excluding hydrogens is 926 g/mol. The summed E-state index contributed by atoms with van der Waals surface area (Å²) in [6, 6.07) is 27.2. The van der Waals surface area contributed by atoms with Gasteiger partial charge in [-0.1, -0.05) is 60.5 Å². The highest BCUT2D eigenvalue weighted by molar-refractivity contribution is 7.99. The summed E-state index contributed by atoms with van der Waals surface area (Å²) >= 11 is 1.72. The van der Waals surface area contributed by atoms with Crippen molar-refractivity contribution in [3.63, 3.8) is 0 Å². The van der Waals surface area contributed by atoms with Gasteiger partial charge in [0.1, 0.15) is 23.4 Å². The van der Waals surface area contributed by atoms with Gasteiger partial charge in [0, 0.05) is 72.9 Å². The summed E-state index contributed by atoms with van der Waals surface area (Å²) in [5.41, 5.74) is 3.58. The molecule has 1 saturated carbocycles. The lowest BCUT2D eigenvalue weighted by molar-refractivity contribution is -0.384. The number of aliphatic hydroxyl groups is 2. The van der Waals surface area contributed by atoms with Gasteiger partial charge >= 0.3 is 0 Å². The molecule has 2 aliphatic heterocycles. The zero-order chi connectivity index (χ0) is 49.6. The second-order valence-corrected chi connectivity index (χ2v) is 19.6. The van der Waals surface area contributed by atoms with Crippen LogP contribution in [0.1, 0.15) is 86.8 Å². The third kappa shape index (κ3) is 12.6. The zero-order valence-electron chi connectivity index (χ0n) is 40.0. The van der Waals surface area contributed by atoms with Gasteiger partial charge in [-0.25, -0.2) is 4.39 Å². The number of carbonyl (C=O) groups excluding carboxylic acids is 1. The SMILES string of the molecule is C=CCO[C@@]12Oc3ccc(OCCSc4ccccc4)cc3[C@H]3[C@H](CCCCO)[C@@H](CCCCO)C=C(C(=NOC4CCCCO4)C[C@@H]1N(Cc1ccc(F)cc1)C(=O)C=Cc1ccc([N+](=O)[O-])cc1)[C@H]32. The van der Waals surface area contributed by atoms with E-state index in [2.05, 4.69) is 30.9 Å². The minimum atomic E-state index is -1.56. The number of ether oxygens (including phenoxy) is 4. The number of benzene rings is 4. The number of oxime groups is 1. The molecule has 1 unspecified atom stereocenters. The van der Waals surface area contributed by atoms with Crippen molar-refractivity contribution < 1.29 is 48.1 Å². The molecule has 2 N–H and O–H groups in total. The molecule has 7 atom stereocenters. The van der Waals surface area contributed by atoms with Crippen molar-refractivity contribution >= 4 is 35.1 Å². The first-order chi connectivity index (χ1) is 34.7. The first kappa shape index (κ1) is 51.5. The molecule has 8 rings (SSSR count). The molecule has 376 valence electrons. The third-order valence-electron chi connectivity index (χ3n) is 13.9. The van der Waals surface area contributed by atoms with Gasteiger partial charge in [-0.05, 0) is 128 Å². The lowest BCUT2D eigenvalue weighted by Crippen LogP contribution is -2.70.